The zero-order chi connectivity index (χ0) is 6.85. The van der Waals surface area contributed by atoms with Gasteiger partial charge >= 0.3 is 0 Å². The van der Waals surface area contributed by atoms with Gasteiger partial charge in [0.05, 0.1) is 0 Å². The normalized spacial score (nSPS) is 25.6. The quantitative estimate of drug-likeness (QED) is 0.438. The second kappa shape index (κ2) is 2.06. The molecular weight excluding hydrogens is 112 g/mol. The maximum absolute atomic E-state index is 10.8. The van der Waals surface area contributed by atoms with Gasteiger partial charge < -0.3 is 0 Å². The lowest BCUT2D eigenvalue weighted by molar-refractivity contribution is -0.119. The molecule has 0 N–H and O–H groups in total. The van der Waals surface area contributed by atoms with E-state index in [9.17, 15) is 4.79 Å². The number of rotatable bonds is 0. The SMILES string of the molecule is C#CC1=CC(C)C(=O)C1. The van der Waals surface area contributed by atoms with Crippen molar-refractivity contribution >= 4 is 5.78 Å². The molecule has 1 aliphatic carbocycles. The van der Waals surface area contributed by atoms with Crippen molar-refractivity contribution in [1.29, 1.82) is 0 Å². The largest absolute Gasteiger partial charge is 0.299 e. The first-order valence-corrected chi connectivity index (χ1v) is 2.94. The highest BCUT2D eigenvalue weighted by Crippen LogP contribution is 2.18. The van der Waals surface area contributed by atoms with Crippen molar-refractivity contribution in [2.75, 3.05) is 0 Å². The van der Waals surface area contributed by atoms with Gasteiger partial charge in [-0.25, -0.2) is 0 Å². The fourth-order valence-electron chi connectivity index (χ4n) is 0.901. The third kappa shape index (κ3) is 1.02. The lowest BCUT2D eigenvalue weighted by Gasteiger charge is -1.89. The van der Waals surface area contributed by atoms with Gasteiger partial charge in [-0.15, -0.1) is 6.42 Å². The summed E-state index contributed by atoms with van der Waals surface area (Å²) in [5.74, 6) is 2.76. The number of hydrogen-bond donors (Lipinski definition) is 0. The molecule has 1 unspecified atom stereocenters. The number of hydrogen-bond acceptors (Lipinski definition) is 1. The average Bonchev–Trinajstić information content (AvgIpc) is 2.13. The van der Waals surface area contributed by atoms with Crippen molar-refractivity contribution in [1.82, 2.24) is 0 Å². The molecule has 0 spiro atoms. The monoisotopic (exact) mass is 120 g/mol. The Morgan fingerprint density at radius 3 is 2.78 bits per heavy atom. The van der Waals surface area contributed by atoms with E-state index in [1.54, 1.807) is 0 Å². The van der Waals surface area contributed by atoms with E-state index in [0.717, 1.165) is 5.57 Å². The molecule has 1 rings (SSSR count). The van der Waals surface area contributed by atoms with Crippen molar-refractivity contribution in [3.63, 3.8) is 0 Å². The predicted molar refractivity (Wildman–Crippen MR) is 35.7 cm³/mol. The van der Waals surface area contributed by atoms with E-state index in [1.165, 1.54) is 0 Å². The Morgan fingerprint density at radius 1 is 1.89 bits per heavy atom. The number of ketones is 1. The van der Waals surface area contributed by atoms with Gasteiger partial charge in [0.25, 0.3) is 0 Å². The van der Waals surface area contributed by atoms with Crippen LogP contribution in [-0.2, 0) is 4.79 Å². The second-order valence-electron chi connectivity index (χ2n) is 2.27. The van der Waals surface area contributed by atoms with Crippen LogP contribution in [0.5, 0.6) is 0 Å². The molecule has 0 heterocycles. The van der Waals surface area contributed by atoms with Crippen LogP contribution in [0, 0.1) is 18.3 Å². The van der Waals surface area contributed by atoms with Gasteiger partial charge in [0, 0.05) is 17.9 Å². The predicted octanol–water partition coefficient (Wildman–Crippen LogP) is 1.15. The number of Topliss-reactive ketones (excluding diaryl/α,β-unsaturated/α-hetero) is 1. The van der Waals surface area contributed by atoms with E-state index in [2.05, 4.69) is 5.92 Å². The Labute approximate surface area is 54.8 Å². The lowest BCUT2D eigenvalue weighted by Crippen LogP contribution is -1.99. The van der Waals surface area contributed by atoms with Gasteiger partial charge in [-0.05, 0) is 0 Å². The van der Waals surface area contributed by atoms with Gasteiger partial charge in [0.15, 0.2) is 0 Å². The molecule has 0 amide bonds. The molecule has 46 valence electrons. The molecule has 9 heavy (non-hydrogen) atoms. The summed E-state index contributed by atoms with van der Waals surface area (Å²) in [4.78, 5) is 10.8. The fraction of sp³-hybridized carbons (Fsp3) is 0.375. The maximum atomic E-state index is 10.8. The van der Waals surface area contributed by atoms with Crippen LogP contribution in [0.2, 0.25) is 0 Å². The zero-order valence-electron chi connectivity index (χ0n) is 5.35. The van der Waals surface area contributed by atoms with E-state index in [-0.39, 0.29) is 11.7 Å². The molecule has 0 saturated heterocycles. The molecule has 0 fully saturated rings. The van der Waals surface area contributed by atoms with Crippen molar-refractivity contribution in [2.24, 2.45) is 5.92 Å². The Balaban J connectivity index is 2.77. The Bertz CT molecular complexity index is 205. The summed E-state index contributed by atoms with van der Waals surface area (Å²) in [6, 6.07) is 0. The Hall–Kier alpha value is -1.03. The lowest BCUT2D eigenvalue weighted by atomic mass is 10.1. The first-order chi connectivity index (χ1) is 4.24. The van der Waals surface area contributed by atoms with Gasteiger partial charge in [-0.1, -0.05) is 18.9 Å². The summed E-state index contributed by atoms with van der Waals surface area (Å²) in [7, 11) is 0. The summed E-state index contributed by atoms with van der Waals surface area (Å²) in [6.07, 6.45) is 7.41. The Kier molecular flexibility index (Phi) is 1.40. The number of carbonyl (C=O) groups is 1. The third-order valence-corrected chi connectivity index (χ3v) is 1.51. The molecule has 0 saturated carbocycles. The van der Waals surface area contributed by atoms with E-state index in [4.69, 9.17) is 6.42 Å². The van der Waals surface area contributed by atoms with Crippen molar-refractivity contribution in [3.05, 3.63) is 11.6 Å². The number of allylic oxidation sites excluding steroid dienone is 2. The van der Waals surface area contributed by atoms with Gasteiger partial charge in [0.2, 0.25) is 0 Å². The minimum atomic E-state index is 0.0519. The number of carbonyl (C=O) groups excluding carboxylic acids is 1. The molecule has 1 atom stereocenters. The molecule has 0 aromatic carbocycles. The highest BCUT2D eigenvalue weighted by molar-refractivity contribution is 5.88. The highest BCUT2D eigenvalue weighted by Gasteiger charge is 2.18. The summed E-state index contributed by atoms with van der Waals surface area (Å²) >= 11 is 0. The van der Waals surface area contributed by atoms with Crippen LogP contribution in [0.4, 0.5) is 0 Å². The van der Waals surface area contributed by atoms with Gasteiger partial charge in [-0.2, -0.15) is 0 Å². The van der Waals surface area contributed by atoms with Crippen LogP contribution in [0.15, 0.2) is 11.6 Å². The smallest absolute Gasteiger partial charge is 0.144 e. The van der Waals surface area contributed by atoms with E-state index in [0.29, 0.717) is 6.42 Å². The topological polar surface area (TPSA) is 17.1 Å². The molecule has 1 heteroatoms. The number of terminal acetylenes is 1. The van der Waals surface area contributed by atoms with Crippen molar-refractivity contribution in [2.45, 2.75) is 13.3 Å². The molecule has 0 aliphatic heterocycles. The van der Waals surface area contributed by atoms with Crippen LogP contribution >= 0.6 is 0 Å². The minimum absolute atomic E-state index is 0.0519. The average molecular weight is 120 g/mol. The summed E-state index contributed by atoms with van der Waals surface area (Å²) < 4.78 is 0. The molecule has 0 bridgehead atoms. The minimum Gasteiger partial charge on any atom is -0.299 e. The van der Waals surface area contributed by atoms with Crippen molar-refractivity contribution < 1.29 is 4.79 Å². The third-order valence-electron chi connectivity index (χ3n) is 1.51. The molecule has 1 aliphatic rings. The summed E-state index contributed by atoms with van der Waals surface area (Å²) in [5.41, 5.74) is 0.840. The Morgan fingerprint density at radius 2 is 2.56 bits per heavy atom. The van der Waals surface area contributed by atoms with Crippen LogP contribution in [0.3, 0.4) is 0 Å². The van der Waals surface area contributed by atoms with Crippen LogP contribution in [0.25, 0.3) is 0 Å². The zero-order valence-corrected chi connectivity index (χ0v) is 5.35. The summed E-state index contributed by atoms with van der Waals surface area (Å²) in [5, 5.41) is 0. The van der Waals surface area contributed by atoms with Crippen LogP contribution in [-0.4, -0.2) is 5.78 Å². The fourth-order valence-corrected chi connectivity index (χ4v) is 0.901. The standard InChI is InChI=1S/C8H8O/c1-3-7-4-6(2)8(9)5-7/h1,4,6H,5H2,2H3. The molecule has 1 nitrogen and oxygen atoms in total. The molecule has 0 aromatic heterocycles. The van der Waals surface area contributed by atoms with E-state index < -0.39 is 0 Å². The van der Waals surface area contributed by atoms with Gasteiger partial charge in [0.1, 0.15) is 5.78 Å². The first-order valence-electron chi connectivity index (χ1n) is 2.94. The van der Waals surface area contributed by atoms with Crippen LogP contribution < -0.4 is 0 Å². The first kappa shape index (κ1) is 6.10. The van der Waals surface area contributed by atoms with E-state index >= 15 is 0 Å². The molecule has 0 radical (unpaired) electrons. The van der Waals surface area contributed by atoms with Gasteiger partial charge in [-0.3, -0.25) is 4.79 Å². The highest BCUT2D eigenvalue weighted by atomic mass is 16.1. The molecule has 0 aromatic rings. The van der Waals surface area contributed by atoms with Crippen LogP contribution in [0.1, 0.15) is 13.3 Å². The maximum Gasteiger partial charge on any atom is 0.144 e. The molecular formula is C8H8O. The summed E-state index contributed by atoms with van der Waals surface area (Å²) in [6.45, 7) is 1.87. The second-order valence-corrected chi connectivity index (χ2v) is 2.27. The van der Waals surface area contributed by atoms with E-state index in [1.807, 2.05) is 13.0 Å². The van der Waals surface area contributed by atoms with Crippen molar-refractivity contribution in [3.8, 4) is 12.3 Å².